The molecule has 0 bridgehead atoms. The zero-order valence-corrected chi connectivity index (χ0v) is 19.3. The van der Waals surface area contributed by atoms with E-state index in [4.69, 9.17) is 16.7 Å². The molecule has 28 heavy (non-hydrogen) atoms. The molecule has 1 aliphatic heterocycles. The van der Waals surface area contributed by atoms with Gasteiger partial charge in [-0.25, -0.2) is 9.34 Å². The average Bonchev–Trinajstić information content (AvgIpc) is 3.00. The Labute approximate surface area is 177 Å². The molecule has 1 aromatic carbocycles. The highest BCUT2D eigenvalue weighted by Gasteiger charge is 2.50. The topological polar surface area (TPSA) is 39.8 Å². The molecule has 7 heteroatoms. The van der Waals surface area contributed by atoms with Crippen molar-refractivity contribution in [2.24, 2.45) is 0 Å². The molecule has 0 radical (unpaired) electrons. The highest BCUT2D eigenvalue weighted by Crippen LogP contribution is 2.59. The van der Waals surface area contributed by atoms with Crippen molar-refractivity contribution in [3.8, 4) is 0 Å². The van der Waals surface area contributed by atoms with Crippen LogP contribution in [-0.2, 0) is 4.52 Å². The van der Waals surface area contributed by atoms with E-state index in [2.05, 4.69) is 47.7 Å². The van der Waals surface area contributed by atoms with E-state index >= 15 is 0 Å². The summed E-state index contributed by atoms with van der Waals surface area (Å²) in [6.45, 7) is 10.6. The number of nitrogens with one attached hydrogen (secondary N) is 2. The Bertz CT molecular complexity index is 606. The molecule has 2 aliphatic rings. The van der Waals surface area contributed by atoms with Crippen LogP contribution in [0.25, 0.3) is 0 Å². The molecule has 1 aliphatic carbocycles. The van der Waals surface area contributed by atoms with E-state index in [0.29, 0.717) is 42.4 Å². The number of nitrogens with zero attached hydrogens (tertiary/aromatic N) is 2. The molecule has 0 aromatic heterocycles. The number of benzene rings is 1. The molecule has 1 saturated heterocycles. The molecule has 0 spiro atoms. The Kier molecular flexibility index (Phi) is 8.07. The minimum Gasteiger partial charge on any atom is -0.360 e. The smallest absolute Gasteiger partial charge is 0.189 e. The van der Waals surface area contributed by atoms with Crippen molar-refractivity contribution in [1.29, 1.82) is 0 Å². The summed E-state index contributed by atoms with van der Waals surface area (Å²) in [6, 6.07) is 12.3. The molecule has 0 unspecified atom stereocenters. The number of anilines is 1. The van der Waals surface area contributed by atoms with Gasteiger partial charge in [0.15, 0.2) is 13.6 Å². The Hall–Kier alpha value is -0.780. The minimum absolute atomic E-state index is 0.509. The van der Waals surface area contributed by atoms with Gasteiger partial charge in [-0.3, -0.25) is 0 Å². The number of hydrogen-bond donors (Lipinski definition) is 2. The van der Waals surface area contributed by atoms with Gasteiger partial charge in [0.05, 0.1) is 6.61 Å². The molecule has 2 N–H and O–H groups in total. The van der Waals surface area contributed by atoms with Gasteiger partial charge in [-0.2, -0.15) is 0 Å². The Balaban J connectivity index is 1.54. The monoisotopic (exact) mass is 422 g/mol. The number of para-hydroxylation sites is 1. The van der Waals surface area contributed by atoms with Gasteiger partial charge < -0.3 is 15.2 Å². The van der Waals surface area contributed by atoms with Crippen LogP contribution in [0.3, 0.4) is 0 Å². The fourth-order valence-corrected chi connectivity index (χ4v) is 7.18. The molecule has 1 aromatic rings. The van der Waals surface area contributed by atoms with Crippen molar-refractivity contribution in [2.45, 2.75) is 77.5 Å². The zero-order valence-electron chi connectivity index (χ0n) is 17.6. The molecule has 2 fully saturated rings. The maximum absolute atomic E-state index is 6.51. The van der Waals surface area contributed by atoms with Gasteiger partial charge >= 0.3 is 0 Å². The second-order valence-corrected chi connectivity index (χ2v) is 10.3. The molecular weight excluding hydrogens is 387 g/mol. The van der Waals surface area contributed by atoms with Crippen LogP contribution in [0.1, 0.15) is 53.4 Å². The number of fused-ring (bicyclic) bond motifs is 1. The number of thiocarbonyl (C=S) groups is 1. The molecule has 3 rings (SSSR count). The van der Waals surface area contributed by atoms with Crippen molar-refractivity contribution in [3.63, 3.8) is 0 Å². The normalized spacial score (nSPS) is 23.9. The van der Waals surface area contributed by atoms with Gasteiger partial charge in [0.2, 0.25) is 0 Å². The lowest BCUT2D eigenvalue weighted by Crippen LogP contribution is -2.43. The molecule has 156 valence electrons. The molecule has 1 heterocycles. The van der Waals surface area contributed by atoms with Gasteiger partial charge in [0, 0.05) is 36.4 Å². The first-order valence-corrected chi connectivity index (χ1v) is 12.2. The van der Waals surface area contributed by atoms with E-state index in [9.17, 15) is 0 Å². The summed E-state index contributed by atoms with van der Waals surface area (Å²) in [5.74, 6) is 0. The van der Waals surface area contributed by atoms with Gasteiger partial charge in [-0.1, -0.05) is 31.0 Å². The predicted octanol–water partition coefficient (Wildman–Crippen LogP) is 4.96. The van der Waals surface area contributed by atoms with E-state index in [1.165, 1.54) is 25.7 Å². The lowest BCUT2D eigenvalue weighted by atomic mass is 9.89. The van der Waals surface area contributed by atoms with Crippen molar-refractivity contribution >= 4 is 31.5 Å². The summed E-state index contributed by atoms with van der Waals surface area (Å²) in [4.78, 5) is 0. The summed E-state index contributed by atoms with van der Waals surface area (Å²) in [5, 5.41) is 7.13. The van der Waals surface area contributed by atoms with Gasteiger partial charge in [-0.05, 0) is 64.9 Å². The Morgan fingerprint density at radius 2 is 1.64 bits per heavy atom. The van der Waals surface area contributed by atoms with Gasteiger partial charge in [-0.15, -0.1) is 0 Å². The first kappa shape index (κ1) is 21.9. The number of rotatable bonds is 7. The summed E-state index contributed by atoms with van der Waals surface area (Å²) >= 11 is 5.40. The second-order valence-electron chi connectivity index (χ2n) is 8.20. The zero-order chi connectivity index (χ0) is 20.1. The van der Waals surface area contributed by atoms with Crippen molar-refractivity contribution in [3.05, 3.63) is 30.3 Å². The van der Waals surface area contributed by atoms with Crippen molar-refractivity contribution in [1.82, 2.24) is 14.7 Å². The van der Waals surface area contributed by atoms with Crippen LogP contribution in [0.5, 0.6) is 0 Å². The van der Waals surface area contributed by atoms with Crippen LogP contribution in [0.2, 0.25) is 0 Å². The number of hydrogen-bond acceptors (Lipinski definition) is 4. The first-order chi connectivity index (χ1) is 13.5. The van der Waals surface area contributed by atoms with Crippen LogP contribution >= 0.6 is 20.7 Å². The summed E-state index contributed by atoms with van der Waals surface area (Å²) < 4.78 is 11.8. The van der Waals surface area contributed by atoms with Crippen LogP contribution in [0.15, 0.2) is 30.3 Å². The Morgan fingerprint density at radius 1 is 1.07 bits per heavy atom. The highest BCUT2D eigenvalue weighted by atomic mass is 32.1. The summed E-state index contributed by atoms with van der Waals surface area (Å²) in [7, 11) is -0.717. The van der Waals surface area contributed by atoms with Crippen molar-refractivity contribution in [2.75, 3.05) is 18.5 Å². The van der Waals surface area contributed by atoms with Crippen LogP contribution < -0.4 is 10.6 Å². The Morgan fingerprint density at radius 3 is 2.18 bits per heavy atom. The lowest BCUT2D eigenvalue weighted by Gasteiger charge is -2.34. The highest BCUT2D eigenvalue weighted by molar-refractivity contribution is 7.80. The van der Waals surface area contributed by atoms with Crippen LogP contribution in [-0.4, -0.2) is 51.8 Å². The summed E-state index contributed by atoms with van der Waals surface area (Å²) in [5.41, 5.74) is 1.00. The fraction of sp³-hybridized carbons (Fsp3) is 0.667. The van der Waals surface area contributed by atoms with Crippen LogP contribution in [0.4, 0.5) is 5.69 Å². The largest absolute Gasteiger partial charge is 0.360 e. The standard InChI is InChI=1S/C21H35N4OPS/c1-16(2)24-19-12-8-9-13-20(19)25(17(3)4)27(24)26-15-14-22-21(28)23-18-10-6-5-7-11-18/h5-7,10-11,16-17,19-20H,8-9,12-15H2,1-4H3,(H2,22,23,28)/t19-,20-/m1/s1. The van der Waals surface area contributed by atoms with E-state index in [1.807, 2.05) is 30.3 Å². The average molecular weight is 423 g/mol. The van der Waals surface area contributed by atoms with Crippen LogP contribution in [0, 0.1) is 0 Å². The minimum atomic E-state index is -0.717. The summed E-state index contributed by atoms with van der Waals surface area (Å²) in [6.07, 6.45) is 5.30. The quantitative estimate of drug-likeness (QED) is 0.368. The molecule has 0 amide bonds. The predicted molar refractivity (Wildman–Crippen MR) is 124 cm³/mol. The molecule has 1 saturated carbocycles. The van der Waals surface area contributed by atoms with Crippen molar-refractivity contribution < 1.29 is 4.52 Å². The van der Waals surface area contributed by atoms with Gasteiger partial charge in [0.1, 0.15) is 0 Å². The molecule has 2 atom stereocenters. The molecular formula is C21H35N4OPS. The fourth-order valence-electron chi connectivity index (χ4n) is 4.36. The van der Waals surface area contributed by atoms with E-state index in [1.54, 1.807) is 0 Å². The third-order valence-corrected chi connectivity index (χ3v) is 8.42. The van der Waals surface area contributed by atoms with E-state index < -0.39 is 8.45 Å². The third kappa shape index (κ3) is 5.22. The maximum Gasteiger partial charge on any atom is 0.189 e. The SMILES string of the molecule is CC(C)N1[C@@H]2CCCC[C@H]2N(C(C)C)P1OCCNC(=S)Nc1ccccc1. The molecule has 5 nitrogen and oxygen atoms in total. The third-order valence-electron chi connectivity index (χ3n) is 5.45. The van der Waals surface area contributed by atoms with Gasteiger partial charge in [0.25, 0.3) is 0 Å². The van der Waals surface area contributed by atoms with E-state index in [-0.39, 0.29) is 0 Å². The second kappa shape index (κ2) is 10.3. The maximum atomic E-state index is 6.51. The first-order valence-electron chi connectivity index (χ1n) is 10.6. The van der Waals surface area contributed by atoms with E-state index in [0.717, 1.165) is 5.69 Å². The lowest BCUT2D eigenvalue weighted by molar-refractivity contribution is 0.173.